The van der Waals surface area contributed by atoms with E-state index in [1.165, 1.54) is 28.0 Å². The number of amides is 1. The van der Waals surface area contributed by atoms with Gasteiger partial charge in [-0.1, -0.05) is 70.6 Å². The Morgan fingerprint density at radius 2 is 1.75 bits per heavy atom. The van der Waals surface area contributed by atoms with Gasteiger partial charge in [-0.05, 0) is 66.1 Å². The number of hydrogen-bond acceptors (Lipinski definition) is 8. The van der Waals surface area contributed by atoms with E-state index in [-0.39, 0.29) is 22.6 Å². The van der Waals surface area contributed by atoms with Gasteiger partial charge in [0.2, 0.25) is 5.13 Å². The molecular formula is C29H21Cl2N3O4S2. The Balaban J connectivity index is 1.38. The SMILES string of the molecule is CC1Cc2cc(/C(O)=C3\C(=O)C(=O)N(c4nnc(SCc5ccc(Cl)cc5)s4)C3c3ccc(Cl)cc3)ccc2O1. The summed E-state index contributed by atoms with van der Waals surface area (Å²) in [6, 6.07) is 18.7. The third kappa shape index (κ3) is 5.10. The highest BCUT2D eigenvalue weighted by molar-refractivity contribution is 8.00. The summed E-state index contributed by atoms with van der Waals surface area (Å²) in [5, 5.41) is 21.4. The van der Waals surface area contributed by atoms with Crippen molar-refractivity contribution >= 4 is 68.9 Å². The molecule has 1 amide bonds. The molecule has 2 aliphatic heterocycles. The number of halogens is 2. The van der Waals surface area contributed by atoms with Gasteiger partial charge < -0.3 is 9.84 Å². The van der Waals surface area contributed by atoms with Crippen LogP contribution in [0.2, 0.25) is 10.0 Å². The van der Waals surface area contributed by atoms with Crippen LogP contribution < -0.4 is 9.64 Å². The Morgan fingerprint density at radius 3 is 2.48 bits per heavy atom. The van der Waals surface area contributed by atoms with Gasteiger partial charge in [-0.2, -0.15) is 0 Å². The molecule has 202 valence electrons. The summed E-state index contributed by atoms with van der Waals surface area (Å²) in [6.45, 7) is 1.97. The highest BCUT2D eigenvalue weighted by atomic mass is 35.5. The molecule has 2 aliphatic rings. The molecule has 3 heterocycles. The number of aliphatic hydroxyl groups excluding tert-OH is 1. The topological polar surface area (TPSA) is 92.6 Å². The van der Waals surface area contributed by atoms with Crippen molar-refractivity contribution in [3.05, 3.63) is 105 Å². The van der Waals surface area contributed by atoms with Crippen molar-refractivity contribution in [2.75, 3.05) is 4.90 Å². The molecular weight excluding hydrogens is 589 g/mol. The molecule has 0 radical (unpaired) electrons. The molecule has 1 aromatic heterocycles. The van der Waals surface area contributed by atoms with Crippen molar-refractivity contribution < 1.29 is 19.4 Å². The number of benzene rings is 3. The standard InChI is InChI=1S/C29H21Cl2N3O4S2/c1-15-12-19-13-18(6-11-22(19)38-15)25(35)23-24(17-4-9-21(31)10-5-17)34(27(37)26(23)36)28-32-33-29(40-28)39-14-16-2-7-20(30)8-3-16/h2-11,13,15,24,35H,12,14H2,1H3/b25-23+. The highest BCUT2D eigenvalue weighted by Crippen LogP contribution is 2.44. The van der Waals surface area contributed by atoms with Crippen molar-refractivity contribution in [2.45, 2.75) is 35.6 Å². The predicted octanol–water partition coefficient (Wildman–Crippen LogP) is 7.09. The molecule has 1 saturated heterocycles. The maximum Gasteiger partial charge on any atom is 0.301 e. The first kappa shape index (κ1) is 26.8. The monoisotopic (exact) mass is 609 g/mol. The van der Waals surface area contributed by atoms with Gasteiger partial charge in [0.15, 0.2) is 4.34 Å². The second kappa shape index (κ2) is 10.9. The van der Waals surface area contributed by atoms with Gasteiger partial charge in [0.25, 0.3) is 5.78 Å². The van der Waals surface area contributed by atoms with Crippen molar-refractivity contribution in [3.8, 4) is 5.75 Å². The number of nitrogens with zero attached hydrogens (tertiary/aromatic N) is 3. The van der Waals surface area contributed by atoms with E-state index in [0.29, 0.717) is 37.7 Å². The van der Waals surface area contributed by atoms with E-state index in [2.05, 4.69) is 10.2 Å². The first-order valence-electron chi connectivity index (χ1n) is 12.4. The minimum atomic E-state index is -0.914. The molecule has 40 heavy (non-hydrogen) atoms. The maximum absolute atomic E-state index is 13.5. The number of Topliss-reactive ketones (excluding diaryl/α,β-unsaturated/α-hetero) is 1. The minimum Gasteiger partial charge on any atom is -0.507 e. The number of hydrogen-bond donors (Lipinski definition) is 1. The maximum atomic E-state index is 13.5. The molecule has 0 saturated carbocycles. The molecule has 0 aliphatic carbocycles. The molecule has 6 rings (SSSR count). The lowest BCUT2D eigenvalue weighted by atomic mass is 9.94. The Kier molecular flexibility index (Phi) is 7.31. The van der Waals surface area contributed by atoms with Crippen LogP contribution in [0.25, 0.3) is 5.76 Å². The zero-order chi connectivity index (χ0) is 28.0. The fraction of sp³-hybridized carbons (Fsp3) is 0.172. The van der Waals surface area contributed by atoms with Crippen LogP contribution in [0.1, 0.15) is 35.2 Å². The summed E-state index contributed by atoms with van der Waals surface area (Å²) in [4.78, 5) is 28.2. The van der Waals surface area contributed by atoms with Crippen LogP contribution in [0.15, 0.2) is 76.6 Å². The minimum absolute atomic E-state index is 0.0233. The van der Waals surface area contributed by atoms with Gasteiger partial charge in [0, 0.05) is 27.8 Å². The zero-order valence-corrected chi connectivity index (χ0v) is 24.2. The van der Waals surface area contributed by atoms with E-state index in [1.807, 2.05) is 31.2 Å². The summed E-state index contributed by atoms with van der Waals surface area (Å²) >= 11 is 14.8. The van der Waals surface area contributed by atoms with Crippen LogP contribution in [0.5, 0.6) is 5.75 Å². The van der Waals surface area contributed by atoms with E-state index in [4.69, 9.17) is 27.9 Å². The number of rotatable bonds is 6. The Hall–Kier alpha value is -3.37. The largest absolute Gasteiger partial charge is 0.507 e. The third-order valence-electron chi connectivity index (χ3n) is 6.68. The molecule has 1 fully saturated rings. The number of fused-ring (bicyclic) bond motifs is 1. The van der Waals surface area contributed by atoms with Gasteiger partial charge in [-0.15, -0.1) is 10.2 Å². The molecule has 2 atom stereocenters. The molecule has 1 N–H and O–H groups in total. The predicted molar refractivity (Wildman–Crippen MR) is 157 cm³/mol. The second-order valence-corrected chi connectivity index (χ2v) is 12.5. The fourth-order valence-electron chi connectivity index (χ4n) is 4.80. The normalized spacial score (nSPS) is 19.6. The number of carbonyl (C=O) groups excluding carboxylic acids is 2. The third-order valence-corrected chi connectivity index (χ3v) is 9.31. The smallest absolute Gasteiger partial charge is 0.301 e. The molecule has 4 aromatic rings. The van der Waals surface area contributed by atoms with Crippen LogP contribution in [-0.4, -0.2) is 33.1 Å². The molecule has 2 unspecified atom stereocenters. The summed E-state index contributed by atoms with van der Waals surface area (Å²) in [5.41, 5.74) is 3.01. The van der Waals surface area contributed by atoms with Crippen LogP contribution in [-0.2, 0) is 21.8 Å². The number of thioether (sulfide) groups is 1. The van der Waals surface area contributed by atoms with Crippen LogP contribution >= 0.6 is 46.3 Å². The first-order valence-corrected chi connectivity index (χ1v) is 14.9. The zero-order valence-electron chi connectivity index (χ0n) is 21.0. The van der Waals surface area contributed by atoms with Gasteiger partial charge in [0.1, 0.15) is 17.6 Å². The summed E-state index contributed by atoms with van der Waals surface area (Å²) in [6.07, 6.45) is 0.711. The van der Waals surface area contributed by atoms with E-state index in [9.17, 15) is 14.7 Å². The summed E-state index contributed by atoms with van der Waals surface area (Å²) in [7, 11) is 0. The lowest BCUT2D eigenvalue weighted by molar-refractivity contribution is -0.132. The van der Waals surface area contributed by atoms with Gasteiger partial charge in [-0.25, -0.2) is 0 Å². The number of anilines is 1. The van der Waals surface area contributed by atoms with E-state index in [1.54, 1.807) is 42.5 Å². The van der Waals surface area contributed by atoms with E-state index in [0.717, 1.165) is 16.9 Å². The Labute approximate surface area is 248 Å². The quantitative estimate of drug-likeness (QED) is 0.0820. The van der Waals surface area contributed by atoms with Crippen molar-refractivity contribution in [1.29, 1.82) is 0 Å². The second-order valence-electron chi connectivity index (χ2n) is 9.44. The van der Waals surface area contributed by atoms with E-state index >= 15 is 0 Å². The fourth-order valence-corrected chi connectivity index (χ4v) is 6.87. The van der Waals surface area contributed by atoms with Gasteiger partial charge in [0.05, 0.1) is 11.6 Å². The molecule has 0 bridgehead atoms. The highest BCUT2D eigenvalue weighted by Gasteiger charge is 2.48. The molecule has 3 aromatic carbocycles. The first-order chi connectivity index (χ1) is 19.3. The number of ether oxygens (including phenoxy) is 1. The van der Waals surface area contributed by atoms with Crippen molar-refractivity contribution in [3.63, 3.8) is 0 Å². The molecule has 11 heteroatoms. The van der Waals surface area contributed by atoms with Crippen LogP contribution in [0.3, 0.4) is 0 Å². The van der Waals surface area contributed by atoms with Crippen molar-refractivity contribution in [1.82, 2.24) is 10.2 Å². The van der Waals surface area contributed by atoms with Crippen LogP contribution in [0, 0.1) is 0 Å². The summed E-state index contributed by atoms with van der Waals surface area (Å²) in [5.74, 6) is -0.467. The average Bonchev–Trinajstić information content (AvgIpc) is 3.63. The van der Waals surface area contributed by atoms with Crippen molar-refractivity contribution in [2.24, 2.45) is 0 Å². The lowest BCUT2D eigenvalue weighted by Gasteiger charge is -2.22. The average molecular weight is 611 g/mol. The molecule has 0 spiro atoms. The van der Waals surface area contributed by atoms with Crippen LogP contribution in [0.4, 0.5) is 5.13 Å². The number of ketones is 1. The number of carbonyl (C=O) groups is 2. The number of aromatic nitrogens is 2. The van der Waals surface area contributed by atoms with E-state index < -0.39 is 17.7 Å². The molecule has 7 nitrogen and oxygen atoms in total. The Morgan fingerprint density at radius 1 is 1.05 bits per heavy atom. The van der Waals surface area contributed by atoms with Gasteiger partial charge >= 0.3 is 5.91 Å². The van der Waals surface area contributed by atoms with Gasteiger partial charge in [-0.3, -0.25) is 14.5 Å². The Bertz CT molecular complexity index is 1650. The number of aliphatic hydroxyl groups is 1. The summed E-state index contributed by atoms with van der Waals surface area (Å²) < 4.78 is 6.41. The lowest BCUT2D eigenvalue weighted by Crippen LogP contribution is -2.29.